The summed E-state index contributed by atoms with van der Waals surface area (Å²) in [6, 6.07) is 13.3. The molecule has 0 atom stereocenters. The average molecular weight is 343 g/mol. The first kappa shape index (κ1) is 16.1. The van der Waals surface area contributed by atoms with Crippen LogP contribution < -0.4 is 14.8 Å². The van der Waals surface area contributed by atoms with Crippen molar-refractivity contribution >= 4 is 33.1 Å². The molecule has 1 heterocycles. The van der Waals surface area contributed by atoms with Crippen LogP contribution >= 0.6 is 11.3 Å². The van der Waals surface area contributed by atoms with E-state index in [0.29, 0.717) is 22.9 Å². The fourth-order valence-corrected chi connectivity index (χ4v) is 3.34. The molecule has 0 saturated carbocycles. The van der Waals surface area contributed by atoms with E-state index in [-0.39, 0.29) is 0 Å². The summed E-state index contributed by atoms with van der Waals surface area (Å²) in [6.45, 7) is 0.629. The van der Waals surface area contributed by atoms with Gasteiger partial charge in [0.05, 0.1) is 14.2 Å². The van der Waals surface area contributed by atoms with Crippen LogP contribution in [0.2, 0.25) is 0 Å². The average Bonchev–Trinajstić information content (AvgIpc) is 3.03. The minimum Gasteiger partial charge on any atom is -0.493 e. The lowest BCUT2D eigenvalue weighted by atomic mass is 10.1. The van der Waals surface area contributed by atoms with Gasteiger partial charge in [-0.2, -0.15) is 0 Å². The van der Waals surface area contributed by atoms with Crippen molar-refractivity contribution in [1.29, 1.82) is 0 Å². The number of methoxy groups -OCH3 is 2. The Bertz CT molecular complexity index is 888. The molecule has 2 aromatic carbocycles. The number of nitrogens with one attached hydrogen (secondary N) is 1. The largest absolute Gasteiger partial charge is 0.493 e. The third-order valence-corrected chi connectivity index (χ3v) is 4.78. The second kappa shape index (κ2) is 6.80. The standard InChI is InChI=1S/C18H17NO4S/c1-22-14-5-4-13(9-15(14)23-2)19-10-11-3-6-16-12(7-11)8-17(24-16)18(20)21/h3-9,19H,10H2,1-2H3,(H,20,21). The minimum atomic E-state index is -0.888. The van der Waals surface area contributed by atoms with E-state index in [1.807, 2.05) is 36.4 Å². The van der Waals surface area contributed by atoms with Gasteiger partial charge < -0.3 is 19.9 Å². The summed E-state index contributed by atoms with van der Waals surface area (Å²) in [4.78, 5) is 11.4. The molecule has 3 aromatic rings. The molecule has 3 rings (SSSR count). The van der Waals surface area contributed by atoms with Crippen LogP contribution in [0.15, 0.2) is 42.5 Å². The molecule has 0 saturated heterocycles. The van der Waals surface area contributed by atoms with E-state index in [9.17, 15) is 4.79 Å². The zero-order valence-electron chi connectivity index (χ0n) is 13.3. The Morgan fingerprint density at radius 2 is 1.88 bits per heavy atom. The van der Waals surface area contributed by atoms with E-state index in [2.05, 4.69) is 5.32 Å². The highest BCUT2D eigenvalue weighted by molar-refractivity contribution is 7.20. The number of fused-ring (bicyclic) bond motifs is 1. The van der Waals surface area contributed by atoms with Crippen LogP contribution in [0.1, 0.15) is 15.2 Å². The highest BCUT2D eigenvalue weighted by Crippen LogP contribution is 2.30. The molecule has 0 amide bonds. The molecule has 0 radical (unpaired) electrons. The Labute approximate surface area is 143 Å². The number of thiophene rings is 1. The lowest BCUT2D eigenvalue weighted by Gasteiger charge is -2.11. The first-order valence-corrected chi connectivity index (χ1v) is 8.14. The second-order valence-electron chi connectivity index (χ2n) is 5.21. The van der Waals surface area contributed by atoms with Gasteiger partial charge in [0.1, 0.15) is 4.88 Å². The number of aromatic carboxylic acids is 1. The van der Waals surface area contributed by atoms with Gasteiger partial charge in [0.2, 0.25) is 0 Å². The zero-order valence-corrected chi connectivity index (χ0v) is 14.1. The van der Waals surface area contributed by atoms with Crippen LogP contribution in [0.25, 0.3) is 10.1 Å². The number of carboxylic acid groups (broad SMARTS) is 1. The molecule has 1 aromatic heterocycles. The first-order valence-electron chi connectivity index (χ1n) is 7.32. The maximum absolute atomic E-state index is 11.1. The number of rotatable bonds is 6. The molecule has 0 fully saturated rings. The Balaban J connectivity index is 1.76. The van der Waals surface area contributed by atoms with E-state index in [1.165, 1.54) is 11.3 Å². The number of ether oxygens (including phenoxy) is 2. The smallest absolute Gasteiger partial charge is 0.345 e. The van der Waals surface area contributed by atoms with Crippen LogP contribution in [0.3, 0.4) is 0 Å². The molecule has 0 aliphatic rings. The molecular weight excluding hydrogens is 326 g/mol. The van der Waals surface area contributed by atoms with Crippen LogP contribution in [-0.4, -0.2) is 25.3 Å². The quantitative estimate of drug-likeness (QED) is 0.701. The summed E-state index contributed by atoms with van der Waals surface area (Å²) in [5.74, 6) is 0.465. The van der Waals surface area contributed by atoms with E-state index in [4.69, 9.17) is 14.6 Å². The van der Waals surface area contributed by atoms with Gasteiger partial charge in [0.15, 0.2) is 11.5 Å². The second-order valence-corrected chi connectivity index (χ2v) is 6.30. The van der Waals surface area contributed by atoms with Gasteiger partial charge in [0, 0.05) is 23.0 Å². The van der Waals surface area contributed by atoms with Gasteiger partial charge in [0.25, 0.3) is 0 Å². The topological polar surface area (TPSA) is 67.8 Å². The molecule has 24 heavy (non-hydrogen) atoms. The van der Waals surface area contributed by atoms with E-state index < -0.39 is 5.97 Å². The minimum absolute atomic E-state index is 0.356. The van der Waals surface area contributed by atoms with Gasteiger partial charge in [-0.3, -0.25) is 0 Å². The van der Waals surface area contributed by atoms with Crippen molar-refractivity contribution in [3.63, 3.8) is 0 Å². The summed E-state index contributed by atoms with van der Waals surface area (Å²) >= 11 is 1.29. The molecule has 0 bridgehead atoms. The SMILES string of the molecule is COc1ccc(NCc2ccc3sc(C(=O)O)cc3c2)cc1OC. The van der Waals surface area contributed by atoms with Gasteiger partial charge in [-0.25, -0.2) is 4.79 Å². The van der Waals surface area contributed by atoms with Crippen LogP contribution in [0.5, 0.6) is 11.5 Å². The Hall–Kier alpha value is -2.73. The molecule has 6 heteroatoms. The normalized spacial score (nSPS) is 10.6. The number of hydrogen-bond acceptors (Lipinski definition) is 5. The molecule has 0 spiro atoms. The Morgan fingerprint density at radius 3 is 2.58 bits per heavy atom. The van der Waals surface area contributed by atoms with Crippen LogP contribution in [0, 0.1) is 0 Å². The summed E-state index contributed by atoms with van der Waals surface area (Å²) in [5, 5.41) is 13.4. The number of anilines is 1. The lowest BCUT2D eigenvalue weighted by Crippen LogP contribution is -2.00. The third-order valence-electron chi connectivity index (χ3n) is 3.67. The van der Waals surface area contributed by atoms with Gasteiger partial charge in [-0.15, -0.1) is 11.3 Å². The zero-order chi connectivity index (χ0) is 17.1. The van der Waals surface area contributed by atoms with E-state index >= 15 is 0 Å². The molecule has 124 valence electrons. The summed E-state index contributed by atoms with van der Waals surface area (Å²) < 4.78 is 11.5. The summed E-state index contributed by atoms with van der Waals surface area (Å²) in [5.41, 5.74) is 2.00. The molecule has 2 N–H and O–H groups in total. The predicted octanol–water partition coefficient (Wildman–Crippen LogP) is 4.23. The molecular formula is C18H17NO4S. The number of carboxylic acids is 1. The van der Waals surface area contributed by atoms with Crippen molar-refractivity contribution in [2.75, 3.05) is 19.5 Å². The van der Waals surface area contributed by atoms with Crippen molar-refractivity contribution in [2.45, 2.75) is 6.54 Å². The fourth-order valence-electron chi connectivity index (χ4n) is 2.46. The van der Waals surface area contributed by atoms with Crippen LogP contribution in [-0.2, 0) is 6.54 Å². The first-order chi connectivity index (χ1) is 11.6. The Kier molecular flexibility index (Phi) is 4.57. The van der Waals surface area contributed by atoms with E-state index in [1.54, 1.807) is 20.3 Å². The maximum atomic E-state index is 11.1. The number of carbonyl (C=O) groups is 1. The number of benzene rings is 2. The van der Waals surface area contributed by atoms with Crippen molar-refractivity contribution in [3.8, 4) is 11.5 Å². The summed E-state index contributed by atoms with van der Waals surface area (Å²) in [7, 11) is 3.21. The Morgan fingerprint density at radius 1 is 1.08 bits per heavy atom. The van der Waals surface area contributed by atoms with Gasteiger partial charge in [-0.05, 0) is 41.3 Å². The van der Waals surface area contributed by atoms with Crippen molar-refractivity contribution in [1.82, 2.24) is 0 Å². The van der Waals surface area contributed by atoms with Crippen molar-refractivity contribution in [2.24, 2.45) is 0 Å². The van der Waals surface area contributed by atoms with Gasteiger partial charge >= 0.3 is 5.97 Å². The maximum Gasteiger partial charge on any atom is 0.345 e. The van der Waals surface area contributed by atoms with Crippen molar-refractivity contribution < 1.29 is 19.4 Å². The summed E-state index contributed by atoms with van der Waals surface area (Å²) in [6.07, 6.45) is 0. The fraction of sp³-hybridized carbons (Fsp3) is 0.167. The molecule has 0 aliphatic carbocycles. The molecule has 0 aliphatic heterocycles. The van der Waals surface area contributed by atoms with E-state index in [0.717, 1.165) is 21.3 Å². The third kappa shape index (κ3) is 3.28. The lowest BCUT2D eigenvalue weighted by molar-refractivity contribution is 0.0702. The predicted molar refractivity (Wildman–Crippen MR) is 95.7 cm³/mol. The van der Waals surface area contributed by atoms with Crippen LogP contribution in [0.4, 0.5) is 5.69 Å². The highest BCUT2D eigenvalue weighted by atomic mass is 32.1. The monoisotopic (exact) mass is 343 g/mol. The molecule has 0 unspecified atom stereocenters. The van der Waals surface area contributed by atoms with Gasteiger partial charge in [-0.1, -0.05) is 6.07 Å². The number of hydrogen-bond donors (Lipinski definition) is 2. The highest BCUT2D eigenvalue weighted by Gasteiger charge is 2.09. The molecule has 5 nitrogen and oxygen atoms in total. The van der Waals surface area contributed by atoms with Crippen molar-refractivity contribution in [3.05, 3.63) is 52.9 Å².